The summed E-state index contributed by atoms with van der Waals surface area (Å²) >= 11 is 1.68. The summed E-state index contributed by atoms with van der Waals surface area (Å²) < 4.78 is 2.05. The molecular formula is C19H20N6S. The van der Waals surface area contributed by atoms with Gasteiger partial charge in [-0.15, -0.1) is 0 Å². The van der Waals surface area contributed by atoms with E-state index in [0.717, 1.165) is 39.9 Å². The zero-order valence-electron chi connectivity index (χ0n) is 14.7. The summed E-state index contributed by atoms with van der Waals surface area (Å²) in [5.74, 6) is 0.730. The fourth-order valence-electron chi connectivity index (χ4n) is 2.86. The molecule has 1 aliphatic heterocycles. The van der Waals surface area contributed by atoms with Gasteiger partial charge in [-0.3, -0.25) is 4.40 Å². The van der Waals surface area contributed by atoms with Crippen molar-refractivity contribution < 1.29 is 0 Å². The van der Waals surface area contributed by atoms with Gasteiger partial charge in [0.1, 0.15) is 0 Å². The van der Waals surface area contributed by atoms with E-state index in [9.17, 15) is 0 Å². The van der Waals surface area contributed by atoms with E-state index in [-0.39, 0.29) is 0 Å². The van der Waals surface area contributed by atoms with Crippen LogP contribution in [0.1, 0.15) is 18.2 Å². The number of aryl methyl sites for hydroxylation is 1. The molecule has 3 heterocycles. The number of nitrogens with one attached hydrogen (secondary N) is 3. The molecule has 0 fully saturated rings. The Labute approximate surface area is 156 Å². The highest BCUT2D eigenvalue weighted by Crippen LogP contribution is 2.31. The lowest BCUT2D eigenvalue weighted by atomic mass is 10.2. The zero-order valence-corrected chi connectivity index (χ0v) is 15.5. The van der Waals surface area contributed by atoms with Crippen LogP contribution in [0.5, 0.6) is 0 Å². The van der Waals surface area contributed by atoms with Gasteiger partial charge in [0.05, 0.1) is 11.9 Å². The molecule has 0 amide bonds. The third-order valence-corrected chi connectivity index (χ3v) is 5.13. The number of thioether (sulfide) groups is 1. The van der Waals surface area contributed by atoms with Gasteiger partial charge in [0.15, 0.2) is 11.5 Å². The van der Waals surface area contributed by atoms with E-state index in [1.54, 1.807) is 18.0 Å². The Bertz CT molecular complexity index is 1020. The maximum atomic E-state index is 4.57. The topological polar surface area (TPSA) is 66.3 Å². The first-order chi connectivity index (χ1) is 12.6. The molecule has 6 nitrogen and oxygen atoms in total. The van der Waals surface area contributed by atoms with E-state index in [4.69, 9.17) is 0 Å². The number of benzene rings is 1. The Hall–Kier alpha value is -2.77. The van der Waals surface area contributed by atoms with Crippen molar-refractivity contribution in [1.29, 1.82) is 0 Å². The number of hydrogen-bond acceptors (Lipinski definition) is 6. The SMILES string of the molecule is C=C(C)Sc1cc(Nc2nccn3c(C4=CNNC4)cnc23)ccc1C. The summed E-state index contributed by atoms with van der Waals surface area (Å²) in [5.41, 5.74) is 11.3. The van der Waals surface area contributed by atoms with E-state index < -0.39 is 0 Å². The lowest BCUT2D eigenvalue weighted by Crippen LogP contribution is -2.20. The number of rotatable bonds is 5. The third kappa shape index (κ3) is 3.18. The van der Waals surface area contributed by atoms with E-state index in [2.05, 4.69) is 57.8 Å². The predicted molar refractivity (Wildman–Crippen MR) is 107 cm³/mol. The first-order valence-electron chi connectivity index (χ1n) is 8.33. The van der Waals surface area contributed by atoms with Crippen LogP contribution in [0, 0.1) is 6.92 Å². The van der Waals surface area contributed by atoms with Crippen LogP contribution < -0.4 is 16.2 Å². The van der Waals surface area contributed by atoms with Gasteiger partial charge in [0.25, 0.3) is 0 Å². The Morgan fingerprint density at radius 3 is 3.00 bits per heavy atom. The molecule has 0 bridgehead atoms. The number of nitrogens with zero attached hydrogens (tertiary/aromatic N) is 3. The first kappa shape index (κ1) is 16.7. The van der Waals surface area contributed by atoms with Crippen molar-refractivity contribution in [2.75, 3.05) is 11.9 Å². The fraction of sp³-hybridized carbons (Fsp3) is 0.158. The highest BCUT2D eigenvalue weighted by Gasteiger charge is 2.14. The molecule has 1 aromatic carbocycles. The molecule has 132 valence electrons. The van der Waals surface area contributed by atoms with E-state index in [1.165, 1.54) is 10.5 Å². The summed E-state index contributed by atoms with van der Waals surface area (Å²) in [6.45, 7) is 8.87. The van der Waals surface area contributed by atoms with Crippen LogP contribution in [-0.2, 0) is 0 Å². The fourth-order valence-corrected chi connectivity index (χ4v) is 3.65. The number of allylic oxidation sites excluding steroid dienone is 1. The van der Waals surface area contributed by atoms with E-state index >= 15 is 0 Å². The number of anilines is 2. The Balaban J connectivity index is 1.69. The maximum Gasteiger partial charge on any atom is 0.180 e. The van der Waals surface area contributed by atoms with Gasteiger partial charge in [0, 0.05) is 41.3 Å². The average Bonchev–Trinajstić information content (AvgIpc) is 3.27. The number of fused-ring (bicyclic) bond motifs is 1. The molecule has 1 aliphatic rings. The molecule has 0 saturated heterocycles. The largest absolute Gasteiger partial charge is 0.337 e. The summed E-state index contributed by atoms with van der Waals surface area (Å²) in [6.07, 6.45) is 7.55. The number of imidazole rings is 1. The lowest BCUT2D eigenvalue weighted by molar-refractivity contribution is 0.729. The van der Waals surface area contributed by atoms with Crippen LogP contribution in [0.2, 0.25) is 0 Å². The molecule has 0 atom stereocenters. The van der Waals surface area contributed by atoms with E-state index in [0.29, 0.717) is 0 Å². The van der Waals surface area contributed by atoms with Crippen LogP contribution in [0.15, 0.2) is 59.4 Å². The molecule has 3 aromatic rings. The minimum absolute atomic E-state index is 0.730. The Morgan fingerprint density at radius 1 is 1.35 bits per heavy atom. The number of aromatic nitrogens is 3. The summed E-state index contributed by atoms with van der Waals surface area (Å²) in [7, 11) is 0. The van der Waals surface area contributed by atoms with Gasteiger partial charge in [0.2, 0.25) is 0 Å². The second-order valence-electron chi connectivity index (χ2n) is 6.19. The Morgan fingerprint density at radius 2 is 2.23 bits per heavy atom. The van der Waals surface area contributed by atoms with Crippen LogP contribution in [0.4, 0.5) is 11.5 Å². The number of hydrazine groups is 1. The molecule has 0 radical (unpaired) electrons. The van der Waals surface area contributed by atoms with Gasteiger partial charge in [-0.25, -0.2) is 15.4 Å². The highest BCUT2D eigenvalue weighted by atomic mass is 32.2. The first-order valence-corrected chi connectivity index (χ1v) is 9.14. The minimum atomic E-state index is 0.730. The van der Waals surface area contributed by atoms with Gasteiger partial charge in [-0.2, -0.15) is 0 Å². The molecule has 2 aromatic heterocycles. The average molecular weight is 364 g/mol. The molecular weight excluding hydrogens is 344 g/mol. The lowest BCUT2D eigenvalue weighted by Gasteiger charge is -2.11. The second-order valence-corrected chi connectivity index (χ2v) is 7.53. The zero-order chi connectivity index (χ0) is 18.1. The molecule has 0 saturated carbocycles. The molecule has 3 N–H and O–H groups in total. The van der Waals surface area contributed by atoms with Crippen molar-refractivity contribution >= 4 is 34.5 Å². The molecule has 26 heavy (non-hydrogen) atoms. The highest BCUT2D eigenvalue weighted by molar-refractivity contribution is 8.03. The van der Waals surface area contributed by atoms with Crippen LogP contribution >= 0.6 is 11.8 Å². The summed E-state index contributed by atoms with van der Waals surface area (Å²) in [6, 6.07) is 6.28. The normalized spacial score (nSPS) is 13.5. The van der Waals surface area contributed by atoms with Crippen LogP contribution in [0.3, 0.4) is 0 Å². The molecule has 0 unspecified atom stereocenters. The monoisotopic (exact) mass is 364 g/mol. The predicted octanol–water partition coefficient (Wildman–Crippen LogP) is 3.86. The van der Waals surface area contributed by atoms with Gasteiger partial charge < -0.3 is 10.7 Å². The quantitative estimate of drug-likeness (QED) is 0.598. The van der Waals surface area contributed by atoms with Crippen molar-refractivity contribution in [1.82, 2.24) is 25.2 Å². The summed E-state index contributed by atoms with van der Waals surface area (Å²) in [5, 5.41) is 3.40. The third-order valence-electron chi connectivity index (χ3n) is 4.12. The number of hydrogen-bond donors (Lipinski definition) is 3. The van der Waals surface area contributed by atoms with Crippen LogP contribution in [0.25, 0.3) is 11.2 Å². The van der Waals surface area contributed by atoms with Gasteiger partial charge >= 0.3 is 0 Å². The Kier molecular flexibility index (Phi) is 4.40. The summed E-state index contributed by atoms with van der Waals surface area (Å²) in [4.78, 5) is 11.3. The smallest absolute Gasteiger partial charge is 0.180 e. The van der Waals surface area contributed by atoms with Crippen molar-refractivity contribution in [2.24, 2.45) is 0 Å². The van der Waals surface area contributed by atoms with Gasteiger partial charge in [-0.1, -0.05) is 24.4 Å². The maximum absolute atomic E-state index is 4.57. The second kappa shape index (κ2) is 6.86. The van der Waals surface area contributed by atoms with Crippen molar-refractivity contribution in [3.63, 3.8) is 0 Å². The standard InChI is InChI=1S/C19H20N6S/c1-12(2)26-17-8-15(5-4-13(17)3)24-18-19-21-11-16(14-9-22-23-10-14)25(19)7-6-20-18/h4-9,11,22-23H,1,10H2,2-3H3,(H,20,24). The van der Waals surface area contributed by atoms with Crippen molar-refractivity contribution in [2.45, 2.75) is 18.7 Å². The molecule has 7 heteroatoms. The van der Waals surface area contributed by atoms with Gasteiger partial charge in [-0.05, 0) is 36.4 Å². The van der Waals surface area contributed by atoms with Crippen molar-refractivity contribution in [3.05, 3.63) is 65.7 Å². The van der Waals surface area contributed by atoms with Crippen molar-refractivity contribution in [3.8, 4) is 0 Å². The molecule has 0 spiro atoms. The minimum Gasteiger partial charge on any atom is -0.337 e. The van der Waals surface area contributed by atoms with Crippen LogP contribution in [-0.4, -0.2) is 20.9 Å². The molecule has 0 aliphatic carbocycles. The van der Waals surface area contributed by atoms with E-state index in [1.807, 2.05) is 29.9 Å². The molecule has 4 rings (SSSR count).